The van der Waals surface area contributed by atoms with E-state index in [0.717, 1.165) is 6.42 Å². The number of para-hydroxylation sites is 1. The zero-order valence-electron chi connectivity index (χ0n) is 14.3. The molecule has 1 aromatic carbocycles. The van der Waals surface area contributed by atoms with E-state index in [1.807, 2.05) is 6.92 Å². The van der Waals surface area contributed by atoms with E-state index < -0.39 is 23.6 Å². The molecule has 0 radical (unpaired) electrons. The van der Waals surface area contributed by atoms with Crippen LogP contribution in [0.25, 0.3) is 5.69 Å². The van der Waals surface area contributed by atoms with Crippen LogP contribution in [-0.2, 0) is 11.2 Å². The highest BCUT2D eigenvalue weighted by Gasteiger charge is 2.33. The number of aliphatic carboxylic acids is 1. The van der Waals surface area contributed by atoms with Gasteiger partial charge in [-0.05, 0) is 25.0 Å². The summed E-state index contributed by atoms with van der Waals surface area (Å²) in [7, 11) is 0. The second-order valence-electron chi connectivity index (χ2n) is 6.04. The van der Waals surface area contributed by atoms with E-state index in [2.05, 4.69) is 10.1 Å². The molecule has 0 bridgehead atoms. The summed E-state index contributed by atoms with van der Waals surface area (Å²) in [6.45, 7) is 2.46. The third-order valence-electron chi connectivity index (χ3n) is 4.24. The Morgan fingerprint density at radius 3 is 2.69 bits per heavy atom. The molecule has 1 aliphatic rings. The van der Waals surface area contributed by atoms with Crippen LogP contribution >= 0.6 is 12.4 Å². The van der Waals surface area contributed by atoms with Crippen molar-refractivity contribution in [2.75, 3.05) is 13.1 Å². The zero-order valence-corrected chi connectivity index (χ0v) is 15.1. The fraction of sp³-hybridized carbons (Fsp3) is 0.412. The lowest BCUT2D eigenvalue weighted by Gasteiger charge is -2.13. The van der Waals surface area contributed by atoms with Crippen LogP contribution in [0.5, 0.6) is 0 Å². The molecule has 1 aromatic heterocycles. The Morgan fingerprint density at radius 2 is 2.08 bits per heavy atom. The molecule has 2 aromatic rings. The Morgan fingerprint density at radius 1 is 1.35 bits per heavy atom. The molecule has 1 amide bonds. The highest BCUT2D eigenvalue weighted by atomic mass is 35.5. The Bertz CT molecular complexity index is 811. The maximum atomic E-state index is 14.1. The molecular formula is C17H20ClFN4O3. The number of carboxylic acid groups (broad SMARTS) is 1. The van der Waals surface area contributed by atoms with Gasteiger partial charge in [0.15, 0.2) is 0 Å². The van der Waals surface area contributed by atoms with Crippen LogP contribution in [0.2, 0.25) is 0 Å². The molecule has 1 unspecified atom stereocenters. The van der Waals surface area contributed by atoms with E-state index >= 15 is 0 Å². The number of benzene rings is 1. The van der Waals surface area contributed by atoms with Crippen LogP contribution in [0, 0.1) is 11.7 Å². The highest BCUT2D eigenvalue weighted by Crippen LogP contribution is 2.20. The van der Waals surface area contributed by atoms with E-state index in [-0.39, 0.29) is 30.5 Å². The molecule has 1 N–H and O–H groups in total. The van der Waals surface area contributed by atoms with Crippen molar-refractivity contribution in [1.29, 1.82) is 0 Å². The van der Waals surface area contributed by atoms with Crippen molar-refractivity contribution < 1.29 is 19.1 Å². The summed E-state index contributed by atoms with van der Waals surface area (Å²) in [5.74, 6) is -1.87. The van der Waals surface area contributed by atoms with Gasteiger partial charge in [-0.1, -0.05) is 19.1 Å². The van der Waals surface area contributed by atoms with E-state index in [1.54, 1.807) is 18.2 Å². The Hall–Kier alpha value is -2.48. The van der Waals surface area contributed by atoms with Gasteiger partial charge in [0.25, 0.3) is 5.91 Å². The summed E-state index contributed by atoms with van der Waals surface area (Å²) in [5, 5.41) is 13.3. The minimum Gasteiger partial charge on any atom is -0.481 e. The first kappa shape index (κ1) is 19.8. The average Bonchev–Trinajstić information content (AvgIpc) is 3.22. The van der Waals surface area contributed by atoms with Crippen molar-refractivity contribution in [3.63, 3.8) is 0 Å². The van der Waals surface area contributed by atoms with Gasteiger partial charge in [-0.25, -0.2) is 14.1 Å². The van der Waals surface area contributed by atoms with Crippen molar-refractivity contribution in [3.05, 3.63) is 41.7 Å². The third-order valence-corrected chi connectivity index (χ3v) is 4.24. The van der Waals surface area contributed by atoms with Gasteiger partial charge in [-0.15, -0.1) is 17.5 Å². The number of aromatic nitrogens is 3. The van der Waals surface area contributed by atoms with Gasteiger partial charge >= 0.3 is 5.97 Å². The van der Waals surface area contributed by atoms with E-state index in [4.69, 9.17) is 5.11 Å². The van der Waals surface area contributed by atoms with Crippen LogP contribution in [0.1, 0.15) is 36.2 Å². The summed E-state index contributed by atoms with van der Waals surface area (Å²) in [4.78, 5) is 29.4. The third kappa shape index (κ3) is 3.85. The van der Waals surface area contributed by atoms with Gasteiger partial charge in [-0.3, -0.25) is 9.59 Å². The number of amides is 1. The standard InChI is InChI=1S/C17H19FN4O3.ClH/c1-2-5-14-19-15(16(23)21-9-8-11(10-21)17(24)25)20-22(14)13-7-4-3-6-12(13)18;/h3-4,6-7,11H,2,5,8-10H2,1H3,(H,24,25);1H. The van der Waals surface area contributed by atoms with E-state index in [9.17, 15) is 14.0 Å². The number of aryl methyl sites for hydroxylation is 1. The second kappa shape index (κ2) is 8.27. The number of likely N-dealkylation sites (tertiary alicyclic amines) is 1. The Kier molecular flexibility index (Phi) is 6.31. The number of hydrogen-bond acceptors (Lipinski definition) is 4. The van der Waals surface area contributed by atoms with Crippen LogP contribution in [0.4, 0.5) is 4.39 Å². The molecule has 9 heteroatoms. The molecule has 26 heavy (non-hydrogen) atoms. The normalized spacial score (nSPS) is 16.4. The number of carbonyl (C=O) groups is 2. The minimum absolute atomic E-state index is 0. The molecule has 1 aliphatic heterocycles. The largest absolute Gasteiger partial charge is 0.481 e. The van der Waals surface area contributed by atoms with Gasteiger partial charge in [0.05, 0.1) is 5.92 Å². The summed E-state index contributed by atoms with van der Waals surface area (Å²) in [6.07, 6.45) is 1.73. The Labute approximate surface area is 156 Å². The monoisotopic (exact) mass is 382 g/mol. The van der Waals surface area contributed by atoms with Crippen molar-refractivity contribution in [2.45, 2.75) is 26.2 Å². The first-order valence-electron chi connectivity index (χ1n) is 8.24. The maximum absolute atomic E-state index is 14.1. The smallest absolute Gasteiger partial charge is 0.308 e. The summed E-state index contributed by atoms with van der Waals surface area (Å²) in [6, 6.07) is 6.17. The van der Waals surface area contributed by atoms with Crippen molar-refractivity contribution in [1.82, 2.24) is 19.7 Å². The molecule has 1 atom stereocenters. The first-order chi connectivity index (χ1) is 12.0. The van der Waals surface area contributed by atoms with Crippen LogP contribution < -0.4 is 0 Å². The van der Waals surface area contributed by atoms with E-state index in [0.29, 0.717) is 25.2 Å². The van der Waals surface area contributed by atoms with Crippen LogP contribution in [0.3, 0.4) is 0 Å². The molecule has 0 spiro atoms. The molecule has 1 saturated heterocycles. The Balaban J connectivity index is 0.00000243. The number of rotatable bonds is 5. The lowest BCUT2D eigenvalue weighted by molar-refractivity contribution is -0.141. The van der Waals surface area contributed by atoms with Crippen molar-refractivity contribution >= 4 is 24.3 Å². The number of halogens is 2. The van der Waals surface area contributed by atoms with Crippen LogP contribution in [0.15, 0.2) is 24.3 Å². The fourth-order valence-corrected chi connectivity index (χ4v) is 2.92. The van der Waals surface area contributed by atoms with E-state index in [1.165, 1.54) is 15.6 Å². The van der Waals surface area contributed by atoms with Gasteiger partial charge < -0.3 is 10.0 Å². The average molecular weight is 383 g/mol. The zero-order chi connectivity index (χ0) is 18.0. The fourth-order valence-electron chi connectivity index (χ4n) is 2.92. The molecule has 0 saturated carbocycles. The predicted octanol–water partition coefficient (Wildman–Crippen LogP) is 2.33. The molecule has 7 nitrogen and oxygen atoms in total. The summed E-state index contributed by atoms with van der Waals surface area (Å²) < 4.78 is 15.5. The van der Waals surface area contributed by atoms with Gasteiger partial charge in [-0.2, -0.15) is 0 Å². The second-order valence-corrected chi connectivity index (χ2v) is 6.04. The molecule has 2 heterocycles. The summed E-state index contributed by atoms with van der Waals surface area (Å²) >= 11 is 0. The lowest BCUT2D eigenvalue weighted by Crippen LogP contribution is -2.30. The van der Waals surface area contributed by atoms with Gasteiger partial charge in [0, 0.05) is 19.5 Å². The lowest BCUT2D eigenvalue weighted by atomic mass is 10.1. The van der Waals surface area contributed by atoms with Gasteiger partial charge in [0.1, 0.15) is 17.3 Å². The number of carboxylic acids is 1. The minimum atomic E-state index is -0.910. The molecule has 140 valence electrons. The topological polar surface area (TPSA) is 88.3 Å². The predicted molar refractivity (Wildman–Crippen MR) is 94.2 cm³/mol. The van der Waals surface area contributed by atoms with Gasteiger partial charge in [0.2, 0.25) is 5.82 Å². The summed E-state index contributed by atoms with van der Waals surface area (Å²) in [5.41, 5.74) is 0.238. The number of hydrogen-bond donors (Lipinski definition) is 1. The molecular weight excluding hydrogens is 363 g/mol. The highest BCUT2D eigenvalue weighted by molar-refractivity contribution is 5.91. The molecule has 3 rings (SSSR count). The SMILES string of the molecule is CCCc1nc(C(=O)N2CCC(C(=O)O)C2)nn1-c1ccccc1F.Cl. The van der Waals surface area contributed by atoms with Crippen molar-refractivity contribution in [2.24, 2.45) is 5.92 Å². The number of nitrogens with zero attached hydrogens (tertiary/aromatic N) is 4. The maximum Gasteiger partial charge on any atom is 0.308 e. The first-order valence-corrected chi connectivity index (χ1v) is 8.24. The number of carbonyl (C=O) groups excluding carboxylic acids is 1. The van der Waals surface area contributed by atoms with Crippen LogP contribution in [-0.4, -0.2) is 49.7 Å². The molecule has 0 aliphatic carbocycles. The quantitative estimate of drug-likeness (QED) is 0.857. The van der Waals surface area contributed by atoms with Crippen molar-refractivity contribution in [3.8, 4) is 5.69 Å². The molecule has 1 fully saturated rings.